The second kappa shape index (κ2) is 5.82. The number of carbonyl (C=O) groups is 1. The monoisotopic (exact) mass is 338 g/mol. The van der Waals surface area contributed by atoms with Crippen LogP contribution in [0, 0.1) is 0 Å². The molecule has 0 saturated carbocycles. The van der Waals surface area contributed by atoms with Crippen LogP contribution in [-0.2, 0) is 11.2 Å². The van der Waals surface area contributed by atoms with Crippen molar-refractivity contribution in [2.24, 2.45) is 0 Å². The molecule has 0 bridgehead atoms. The molecule has 2 aromatic carbocycles. The summed E-state index contributed by atoms with van der Waals surface area (Å²) in [5, 5.41) is 23.8. The summed E-state index contributed by atoms with van der Waals surface area (Å²) in [5.74, 6) is -0.484. The number of aromatic amines is 1. The summed E-state index contributed by atoms with van der Waals surface area (Å²) >= 11 is 0. The Morgan fingerprint density at radius 2 is 2.04 bits per heavy atom. The molecule has 2 heterocycles. The van der Waals surface area contributed by atoms with Crippen LogP contribution in [0.15, 0.2) is 42.5 Å². The average Bonchev–Trinajstić information content (AvgIpc) is 2.99. The molecule has 1 aliphatic heterocycles. The lowest BCUT2D eigenvalue weighted by Crippen LogP contribution is -2.44. The van der Waals surface area contributed by atoms with E-state index in [1.54, 1.807) is 12.1 Å². The third-order valence-electron chi connectivity index (χ3n) is 4.75. The average molecular weight is 338 g/mol. The van der Waals surface area contributed by atoms with Crippen LogP contribution in [0.4, 0.5) is 0 Å². The van der Waals surface area contributed by atoms with Gasteiger partial charge in [0.25, 0.3) is 0 Å². The van der Waals surface area contributed by atoms with Crippen molar-refractivity contribution in [3.8, 4) is 11.5 Å². The molecule has 0 fully saturated rings. The van der Waals surface area contributed by atoms with E-state index in [-0.39, 0.29) is 11.8 Å². The fourth-order valence-electron chi connectivity index (χ4n) is 3.54. The predicted octanol–water partition coefficient (Wildman–Crippen LogP) is 2.57. The zero-order chi connectivity index (χ0) is 17.6. The topological polar surface area (TPSA) is 94.6 Å². The van der Waals surface area contributed by atoms with Crippen molar-refractivity contribution in [3.05, 3.63) is 59.3 Å². The number of nitrogens with one attached hydrogen (secondary N) is 2. The highest BCUT2D eigenvalue weighted by Crippen LogP contribution is 2.37. The fourth-order valence-corrected chi connectivity index (χ4v) is 3.54. The molecule has 4 rings (SSSR count). The van der Waals surface area contributed by atoms with Gasteiger partial charge in [-0.05, 0) is 29.3 Å². The highest BCUT2D eigenvalue weighted by atomic mass is 16.5. The summed E-state index contributed by atoms with van der Waals surface area (Å²) in [6.07, 6.45) is 0.410. The number of carboxylic acid groups (broad SMARTS) is 1. The Morgan fingerprint density at radius 3 is 2.76 bits per heavy atom. The fraction of sp³-hybridized carbons (Fsp3) is 0.211. The maximum absolute atomic E-state index is 11.6. The van der Waals surface area contributed by atoms with E-state index in [2.05, 4.69) is 10.3 Å². The quantitative estimate of drug-likeness (QED) is 0.589. The van der Waals surface area contributed by atoms with E-state index < -0.39 is 12.0 Å². The van der Waals surface area contributed by atoms with Gasteiger partial charge in [-0.25, -0.2) is 0 Å². The standard InChI is InChI=1S/C19H18N2O4/c1-25-16-7-6-10(8-15(16)22)17-18-12(9-14(21-17)19(23)24)11-4-2-3-5-13(11)20-18/h2-8,14,17,20-22H,9H2,1H3,(H,23,24)/t14-,17?/m0/s1. The molecule has 0 saturated heterocycles. The number of benzene rings is 2. The molecular formula is C19H18N2O4. The first-order valence-corrected chi connectivity index (χ1v) is 8.03. The van der Waals surface area contributed by atoms with E-state index in [9.17, 15) is 15.0 Å². The highest BCUT2D eigenvalue weighted by molar-refractivity contribution is 5.87. The van der Waals surface area contributed by atoms with E-state index in [0.717, 1.165) is 27.7 Å². The minimum atomic E-state index is -0.890. The lowest BCUT2D eigenvalue weighted by atomic mass is 9.90. The summed E-state index contributed by atoms with van der Waals surface area (Å²) in [6, 6.07) is 11.9. The Bertz CT molecular complexity index is 963. The zero-order valence-corrected chi connectivity index (χ0v) is 13.6. The Labute approximate surface area is 144 Å². The Hall–Kier alpha value is -2.99. The molecule has 0 radical (unpaired) electrons. The van der Waals surface area contributed by atoms with E-state index >= 15 is 0 Å². The Balaban J connectivity index is 1.87. The van der Waals surface area contributed by atoms with Crippen LogP contribution in [0.25, 0.3) is 10.9 Å². The molecule has 1 unspecified atom stereocenters. The van der Waals surface area contributed by atoms with Gasteiger partial charge in [-0.2, -0.15) is 0 Å². The second-order valence-corrected chi connectivity index (χ2v) is 6.19. The van der Waals surface area contributed by atoms with Crippen LogP contribution < -0.4 is 10.1 Å². The number of hydrogen-bond acceptors (Lipinski definition) is 4. The van der Waals surface area contributed by atoms with Gasteiger partial charge in [0.1, 0.15) is 6.04 Å². The molecule has 25 heavy (non-hydrogen) atoms. The Kier molecular flexibility index (Phi) is 3.62. The van der Waals surface area contributed by atoms with Crippen LogP contribution in [0.2, 0.25) is 0 Å². The maximum atomic E-state index is 11.6. The first-order chi connectivity index (χ1) is 12.1. The van der Waals surface area contributed by atoms with Crippen molar-refractivity contribution in [2.45, 2.75) is 18.5 Å². The second-order valence-electron chi connectivity index (χ2n) is 6.19. The van der Waals surface area contributed by atoms with Gasteiger partial charge in [-0.3, -0.25) is 10.1 Å². The molecule has 0 amide bonds. The van der Waals surface area contributed by atoms with Gasteiger partial charge < -0.3 is 19.9 Å². The van der Waals surface area contributed by atoms with Crippen molar-refractivity contribution in [1.29, 1.82) is 0 Å². The summed E-state index contributed by atoms with van der Waals surface area (Å²) in [6.45, 7) is 0. The smallest absolute Gasteiger partial charge is 0.321 e. The van der Waals surface area contributed by atoms with Gasteiger partial charge in [0.15, 0.2) is 11.5 Å². The van der Waals surface area contributed by atoms with Crippen molar-refractivity contribution >= 4 is 16.9 Å². The van der Waals surface area contributed by atoms with Gasteiger partial charge in [0, 0.05) is 23.0 Å². The zero-order valence-electron chi connectivity index (χ0n) is 13.6. The highest BCUT2D eigenvalue weighted by Gasteiger charge is 2.34. The van der Waals surface area contributed by atoms with Gasteiger partial charge in [0.05, 0.1) is 13.2 Å². The minimum absolute atomic E-state index is 0.0249. The normalized spacial score (nSPS) is 19.6. The lowest BCUT2D eigenvalue weighted by molar-refractivity contribution is -0.139. The number of aliphatic carboxylic acids is 1. The molecule has 0 aliphatic carbocycles. The van der Waals surface area contributed by atoms with Gasteiger partial charge >= 0.3 is 5.97 Å². The number of rotatable bonds is 3. The Morgan fingerprint density at radius 1 is 1.24 bits per heavy atom. The first kappa shape index (κ1) is 15.5. The number of phenols is 1. The number of phenolic OH excluding ortho intramolecular Hbond substituents is 1. The molecule has 3 aromatic rings. The van der Waals surface area contributed by atoms with Crippen LogP contribution in [0.5, 0.6) is 11.5 Å². The van der Waals surface area contributed by atoms with E-state index in [1.165, 1.54) is 7.11 Å². The third-order valence-corrected chi connectivity index (χ3v) is 4.75. The molecule has 128 valence electrons. The summed E-state index contributed by atoms with van der Waals surface area (Å²) < 4.78 is 5.09. The number of para-hydroxylation sites is 1. The maximum Gasteiger partial charge on any atom is 0.321 e. The number of fused-ring (bicyclic) bond motifs is 3. The number of methoxy groups -OCH3 is 1. The molecular weight excluding hydrogens is 320 g/mol. The van der Waals surface area contributed by atoms with E-state index in [0.29, 0.717) is 12.2 Å². The van der Waals surface area contributed by atoms with E-state index in [1.807, 2.05) is 30.3 Å². The predicted molar refractivity (Wildman–Crippen MR) is 93.1 cm³/mol. The third kappa shape index (κ3) is 2.51. The number of hydrogen-bond donors (Lipinski definition) is 4. The molecule has 2 atom stereocenters. The number of ether oxygens (including phenoxy) is 1. The van der Waals surface area contributed by atoms with Crippen molar-refractivity contribution in [1.82, 2.24) is 10.3 Å². The van der Waals surface area contributed by atoms with Crippen LogP contribution >= 0.6 is 0 Å². The van der Waals surface area contributed by atoms with Crippen molar-refractivity contribution < 1.29 is 19.7 Å². The molecule has 6 nitrogen and oxygen atoms in total. The SMILES string of the molecule is COc1ccc(C2N[C@H](C(=O)O)Cc3c2[nH]c2ccccc32)cc1O. The number of aromatic nitrogens is 1. The van der Waals surface area contributed by atoms with Gasteiger partial charge in [-0.1, -0.05) is 24.3 Å². The molecule has 1 aromatic heterocycles. The first-order valence-electron chi connectivity index (χ1n) is 8.03. The van der Waals surface area contributed by atoms with E-state index in [4.69, 9.17) is 4.74 Å². The number of carboxylic acids is 1. The number of aromatic hydroxyl groups is 1. The molecule has 6 heteroatoms. The minimum Gasteiger partial charge on any atom is -0.504 e. The molecule has 1 aliphatic rings. The molecule has 0 spiro atoms. The largest absolute Gasteiger partial charge is 0.504 e. The summed E-state index contributed by atoms with van der Waals surface area (Å²) in [5.41, 5.74) is 3.69. The summed E-state index contributed by atoms with van der Waals surface area (Å²) in [4.78, 5) is 15.0. The van der Waals surface area contributed by atoms with Crippen LogP contribution in [0.1, 0.15) is 22.9 Å². The lowest BCUT2D eigenvalue weighted by Gasteiger charge is -2.29. The van der Waals surface area contributed by atoms with Crippen molar-refractivity contribution in [2.75, 3.05) is 7.11 Å². The van der Waals surface area contributed by atoms with Gasteiger partial charge in [0.2, 0.25) is 0 Å². The van der Waals surface area contributed by atoms with Crippen molar-refractivity contribution in [3.63, 3.8) is 0 Å². The van der Waals surface area contributed by atoms with Crippen LogP contribution in [-0.4, -0.2) is 34.3 Å². The molecule has 4 N–H and O–H groups in total. The van der Waals surface area contributed by atoms with Crippen LogP contribution in [0.3, 0.4) is 0 Å². The van der Waals surface area contributed by atoms with Gasteiger partial charge in [-0.15, -0.1) is 0 Å². The summed E-state index contributed by atoms with van der Waals surface area (Å²) in [7, 11) is 1.49. The number of H-pyrrole nitrogens is 1.